The number of anilines is 1. The van der Waals surface area contributed by atoms with Crippen LogP contribution < -0.4 is 5.32 Å². The molecule has 6 heteroatoms. The van der Waals surface area contributed by atoms with E-state index < -0.39 is 0 Å². The number of Topliss-reactive ketones (excluding diaryl/α,β-unsaturated/α-hetero) is 1. The fourth-order valence-corrected chi connectivity index (χ4v) is 2.32. The van der Waals surface area contributed by atoms with E-state index in [4.69, 9.17) is 0 Å². The van der Waals surface area contributed by atoms with Crippen molar-refractivity contribution < 1.29 is 20.1 Å². The van der Waals surface area contributed by atoms with E-state index in [2.05, 4.69) is 10.3 Å². The minimum atomic E-state index is -0.338. The van der Waals surface area contributed by atoms with Crippen molar-refractivity contribution in [2.75, 3.05) is 5.32 Å². The van der Waals surface area contributed by atoms with Gasteiger partial charge in [-0.25, -0.2) is 4.99 Å². The lowest BCUT2D eigenvalue weighted by atomic mass is 9.99. The Morgan fingerprint density at radius 3 is 2.04 bits per heavy atom. The molecule has 3 rings (SSSR count). The van der Waals surface area contributed by atoms with Crippen molar-refractivity contribution in [3.8, 4) is 11.5 Å². The van der Waals surface area contributed by atoms with Gasteiger partial charge in [0.15, 0.2) is 0 Å². The van der Waals surface area contributed by atoms with E-state index in [1.54, 1.807) is 24.3 Å². The summed E-state index contributed by atoms with van der Waals surface area (Å²) in [7, 11) is 0. The maximum atomic E-state index is 12.4. The summed E-state index contributed by atoms with van der Waals surface area (Å²) in [6.45, 7) is 1.52. The van der Waals surface area contributed by atoms with Crippen LogP contribution in [-0.2, 0) is 4.79 Å². The minimum absolute atomic E-state index is 0.115. The molecule has 0 unspecified atom stereocenters. The zero-order valence-electron chi connectivity index (χ0n) is 13.4. The van der Waals surface area contributed by atoms with E-state index >= 15 is 0 Å². The van der Waals surface area contributed by atoms with Crippen molar-refractivity contribution in [1.29, 1.82) is 0 Å². The van der Waals surface area contributed by atoms with Crippen molar-refractivity contribution in [1.82, 2.24) is 0 Å². The van der Waals surface area contributed by atoms with Crippen LogP contribution in [0.3, 0.4) is 0 Å². The second-order valence-corrected chi connectivity index (χ2v) is 5.55. The number of ketones is 1. The third kappa shape index (κ3) is 3.53. The van der Waals surface area contributed by atoms with E-state index in [1.807, 2.05) is 0 Å². The standard InChI is InChI=1S/C19H16N2O4/c1-11-18(24)16(20-12-2-6-14(22)7-3-12)10-17(19(11)25)21-13-4-8-15(23)9-5-13/h2-10,20,22-23,25H,1H3. The molecule has 0 fully saturated rings. The number of phenols is 2. The number of phenolic OH excluding ortho intramolecular Hbond substituents is 2. The first-order valence-corrected chi connectivity index (χ1v) is 7.54. The number of rotatable bonds is 3. The monoisotopic (exact) mass is 336 g/mol. The highest BCUT2D eigenvalue weighted by Crippen LogP contribution is 2.24. The molecular formula is C19H16N2O4. The molecule has 4 N–H and O–H groups in total. The van der Waals surface area contributed by atoms with Gasteiger partial charge in [-0.2, -0.15) is 0 Å². The van der Waals surface area contributed by atoms with Crippen LogP contribution in [0, 0.1) is 0 Å². The number of aliphatic imine (C=N–C) groups is 1. The third-order valence-corrected chi connectivity index (χ3v) is 3.71. The average molecular weight is 336 g/mol. The van der Waals surface area contributed by atoms with Gasteiger partial charge in [0, 0.05) is 11.3 Å². The summed E-state index contributed by atoms with van der Waals surface area (Å²) >= 11 is 0. The Balaban J connectivity index is 1.96. The number of aliphatic hydroxyl groups is 1. The quantitative estimate of drug-likeness (QED) is 0.507. The molecule has 0 atom stereocenters. The second kappa shape index (κ2) is 6.52. The van der Waals surface area contributed by atoms with E-state index in [0.29, 0.717) is 11.4 Å². The van der Waals surface area contributed by atoms with Crippen LogP contribution in [-0.4, -0.2) is 26.8 Å². The number of hydrogen-bond acceptors (Lipinski definition) is 6. The van der Waals surface area contributed by atoms with Gasteiger partial charge in [0.05, 0.1) is 11.4 Å². The van der Waals surface area contributed by atoms with Crippen LogP contribution in [0.15, 0.2) is 76.6 Å². The highest BCUT2D eigenvalue weighted by atomic mass is 16.3. The Bertz CT molecular complexity index is 907. The number of hydrogen-bond donors (Lipinski definition) is 4. The molecule has 0 aromatic heterocycles. The van der Waals surface area contributed by atoms with E-state index in [-0.39, 0.29) is 40.0 Å². The number of nitrogens with zero attached hydrogens (tertiary/aromatic N) is 1. The van der Waals surface area contributed by atoms with E-state index in [9.17, 15) is 20.1 Å². The Morgan fingerprint density at radius 1 is 0.880 bits per heavy atom. The summed E-state index contributed by atoms with van der Waals surface area (Å²) < 4.78 is 0. The number of aromatic hydroxyl groups is 2. The lowest BCUT2D eigenvalue weighted by Crippen LogP contribution is -2.22. The zero-order chi connectivity index (χ0) is 18.0. The molecule has 1 aliphatic carbocycles. The second-order valence-electron chi connectivity index (χ2n) is 5.55. The van der Waals surface area contributed by atoms with Crippen molar-refractivity contribution in [3.63, 3.8) is 0 Å². The molecule has 0 saturated carbocycles. The first kappa shape index (κ1) is 16.3. The van der Waals surface area contributed by atoms with Crippen molar-refractivity contribution in [2.24, 2.45) is 4.99 Å². The van der Waals surface area contributed by atoms with Crippen LogP contribution >= 0.6 is 0 Å². The molecule has 0 heterocycles. The fraction of sp³-hybridized carbons (Fsp3) is 0.0526. The van der Waals surface area contributed by atoms with Crippen LogP contribution in [0.2, 0.25) is 0 Å². The number of nitrogens with one attached hydrogen (secondary N) is 1. The summed E-state index contributed by atoms with van der Waals surface area (Å²) in [6, 6.07) is 12.4. The van der Waals surface area contributed by atoms with Gasteiger partial charge < -0.3 is 20.6 Å². The van der Waals surface area contributed by atoms with E-state index in [1.165, 1.54) is 37.3 Å². The predicted molar refractivity (Wildman–Crippen MR) is 95.4 cm³/mol. The average Bonchev–Trinajstić information content (AvgIpc) is 2.61. The first-order valence-electron chi connectivity index (χ1n) is 7.54. The molecule has 0 radical (unpaired) electrons. The lowest BCUT2D eigenvalue weighted by molar-refractivity contribution is -0.112. The van der Waals surface area contributed by atoms with Gasteiger partial charge >= 0.3 is 0 Å². The van der Waals surface area contributed by atoms with Crippen LogP contribution in [0.4, 0.5) is 11.4 Å². The number of carbonyl (C=O) groups excluding carboxylic acids is 1. The summed E-state index contributed by atoms with van der Waals surface area (Å²) in [5.41, 5.74) is 1.83. The number of allylic oxidation sites excluding steroid dienone is 2. The number of carbonyl (C=O) groups is 1. The van der Waals surface area contributed by atoms with Gasteiger partial charge in [-0.3, -0.25) is 4.79 Å². The predicted octanol–water partition coefficient (Wildman–Crippen LogP) is 3.58. The molecule has 0 aliphatic heterocycles. The first-order chi connectivity index (χ1) is 11.9. The Hall–Kier alpha value is -3.54. The van der Waals surface area contributed by atoms with Gasteiger partial charge in [-0.1, -0.05) is 0 Å². The molecule has 0 bridgehead atoms. The topological polar surface area (TPSA) is 102 Å². The SMILES string of the molecule is CC1=C(O)C(=Nc2ccc(O)cc2)C=C(Nc2ccc(O)cc2)C1=O. The largest absolute Gasteiger partial charge is 0.508 e. The number of benzene rings is 2. The molecule has 25 heavy (non-hydrogen) atoms. The summed E-state index contributed by atoms with van der Waals surface area (Å²) in [5, 5.41) is 31.8. The minimum Gasteiger partial charge on any atom is -0.508 e. The Morgan fingerprint density at radius 2 is 1.44 bits per heavy atom. The Kier molecular flexibility index (Phi) is 4.26. The van der Waals surface area contributed by atoms with Gasteiger partial charge in [0.2, 0.25) is 5.78 Å². The van der Waals surface area contributed by atoms with Gasteiger partial charge in [0.1, 0.15) is 23.0 Å². The van der Waals surface area contributed by atoms with E-state index in [0.717, 1.165) is 0 Å². The van der Waals surface area contributed by atoms with Gasteiger partial charge in [-0.15, -0.1) is 0 Å². The summed E-state index contributed by atoms with van der Waals surface area (Å²) in [5.74, 6) is -0.286. The molecule has 6 nitrogen and oxygen atoms in total. The smallest absolute Gasteiger partial charge is 0.208 e. The highest BCUT2D eigenvalue weighted by Gasteiger charge is 2.24. The van der Waals surface area contributed by atoms with Crippen LogP contribution in [0.25, 0.3) is 0 Å². The highest BCUT2D eigenvalue weighted by molar-refractivity contribution is 6.24. The molecule has 0 saturated heterocycles. The molecular weight excluding hydrogens is 320 g/mol. The maximum absolute atomic E-state index is 12.4. The molecule has 0 amide bonds. The normalized spacial score (nSPS) is 16.1. The molecule has 1 aliphatic rings. The summed E-state index contributed by atoms with van der Waals surface area (Å²) in [4.78, 5) is 16.7. The molecule has 2 aromatic carbocycles. The fourth-order valence-electron chi connectivity index (χ4n) is 2.32. The summed E-state index contributed by atoms with van der Waals surface area (Å²) in [6.07, 6.45) is 1.46. The third-order valence-electron chi connectivity index (χ3n) is 3.71. The van der Waals surface area contributed by atoms with Crippen molar-refractivity contribution in [3.05, 3.63) is 71.6 Å². The maximum Gasteiger partial charge on any atom is 0.208 e. The van der Waals surface area contributed by atoms with Crippen molar-refractivity contribution >= 4 is 22.9 Å². The van der Waals surface area contributed by atoms with Gasteiger partial charge in [0.25, 0.3) is 0 Å². The van der Waals surface area contributed by atoms with Crippen LogP contribution in [0.5, 0.6) is 11.5 Å². The Labute approximate surface area is 144 Å². The van der Waals surface area contributed by atoms with Crippen LogP contribution in [0.1, 0.15) is 6.92 Å². The van der Waals surface area contributed by atoms with Crippen molar-refractivity contribution in [2.45, 2.75) is 6.92 Å². The number of aliphatic hydroxyl groups excluding tert-OH is 1. The molecule has 0 spiro atoms. The lowest BCUT2D eigenvalue weighted by Gasteiger charge is -2.17. The molecule has 2 aromatic rings. The van der Waals surface area contributed by atoms with Gasteiger partial charge in [-0.05, 0) is 61.5 Å². The molecule has 126 valence electrons. The zero-order valence-corrected chi connectivity index (χ0v) is 13.4.